The molecule has 0 saturated carbocycles. The highest BCUT2D eigenvalue weighted by atomic mass is 35.5. The fraction of sp³-hybridized carbons (Fsp3) is 0.571. The lowest BCUT2D eigenvalue weighted by Crippen LogP contribution is -2.13. The molecule has 0 aliphatic heterocycles. The first kappa shape index (κ1) is 9.63. The van der Waals surface area contributed by atoms with Gasteiger partial charge in [0.05, 0.1) is 6.67 Å². The number of rotatable bonds is 3. The minimum absolute atomic E-state index is 0.255. The number of aldehydes is 1. The maximum Gasteiger partial charge on any atom is 0.144 e. The van der Waals surface area contributed by atoms with Gasteiger partial charge in [-0.1, -0.05) is 25.4 Å². The van der Waals surface area contributed by atoms with Crippen LogP contribution in [-0.2, 0) is 4.79 Å². The molecule has 0 aromatic carbocycles. The zero-order valence-electron chi connectivity index (χ0n) is 6.03. The van der Waals surface area contributed by atoms with Gasteiger partial charge in [-0.3, -0.25) is 9.18 Å². The van der Waals surface area contributed by atoms with E-state index in [0.29, 0.717) is 6.29 Å². The normalized spacial score (nSPS) is 13.4. The lowest BCUT2D eigenvalue weighted by molar-refractivity contribution is -0.104. The van der Waals surface area contributed by atoms with Gasteiger partial charge >= 0.3 is 0 Å². The number of carbonyl (C=O) groups is 1. The van der Waals surface area contributed by atoms with Crippen molar-refractivity contribution >= 4 is 17.9 Å². The van der Waals surface area contributed by atoms with Crippen LogP contribution < -0.4 is 0 Å². The van der Waals surface area contributed by atoms with Crippen molar-refractivity contribution in [1.29, 1.82) is 0 Å². The van der Waals surface area contributed by atoms with E-state index in [1.54, 1.807) is 13.8 Å². The molecule has 10 heavy (non-hydrogen) atoms. The Bertz CT molecular complexity index is 152. The molecule has 1 nitrogen and oxygen atoms in total. The Morgan fingerprint density at radius 3 is 2.50 bits per heavy atom. The molecular weight excluding hydrogens is 155 g/mol. The molecular formula is C7H10ClFO. The second kappa shape index (κ2) is 3.71. The Labute approximate surface area is 64.9 Å². The summed E-state index contributed by atoms with van der Waals surface area (Å²) in [6.07, 6.45) is 1.72. The Morgan fingerprint density at radius 1 is 1.70 bits per heavy atom. The van der Waals surface area contributed by atoms with Crippen LogP contribution in [0.3, 0.4) is 0 Å². The van der Waals surface area contributed by atoms with Gasteiger partial charge in [0.15, 0.2) is 0 Å². The number of allylic oxidation sites excluding steroid dienone is 2. The van der Waals surface area contributed by atoms with Crippen LogP contribution in [0.4, 0.5) is 4.39 Å². The van der Waals surface area contributed by atoms with Crippen molar-refractivity contribution < 1.29 is 9.18 Å². The fourth-order valence-electron chi connectivity index (χ4n) is 0.349. The summed E-state index contributed by atoms with van der Waals surface area (Å²) in [6, 6.07) is 0. The van der Waals surface area contributed by atoms with Crippen LogP contribution in [-0.4, -0.2) is 13.0 Å². The fourth-order valence-corrected chi connectivity index (χ4v) is 0.451. The van der Waals surface area contributed by atoms with Crippen LogP contribution in [0, 0.1) is 5.41 Å². The summed E-state index contributed by atoms with van der Waals surface area (Å²) in [5.41, 5.74) is -0.720. The predicted octanol–water partition coefficient (Wildman–Crippen LogP) is 2.30. The van der Waals surface area contributed by atoms with Crippen molar-refractivity contribution in [1.82, 2.24) is 0 Å². The minimum atomic E-state index is -0.720. The third kappa shape index (κ3) is 2.48. The average molecular weight is 165 g/mol. The van der Waals surface area contributed by atoms with Crippen molar-refractivity contribution in [2.45, 2.75) is 13.8 Å². The molecule has 0 radical (unpaired) electrons. The Hall–Kier alpha value is -0.370. The molecule has 0 atom stereocenters. The highest BCUT2D eigenvalue weighted by Gasteiger charge is 2.21. The Morgan fingerprint density at radius 2 is 2.20 bits per heavy atom. The minimum Gasteiger partial charge on any atom is -0.299 e. The van der Waals surface area contributed by atoms with Crippen LogP contribution in [0.1, 0.15) is 13.8 Å². The summed E-state index contributed by atoms with van der Waals surface area (Å²) in [4.78, 5) is 9.89. The Kier molecular flexibility index (Phi) is 3.58. The van der Waals surface area contributed by atoms with Crippen molar-refractivity contribution in [2.24, 2.45) is 5.41 Å². The quantitative estimate of drug-likeness (QED) is 0.462. The van der Waals surface area contributed by atoms with Gasteiger partial charge in [0.25, 0.3) is 0 Å². The third-order valence-corrected chi connectivity index (χ3v) is 1.83. The predicted molar refractivity (Wildman–Crippen MR) is 39.8 cm³/mol. The molecule has 58 valence electrons. The zero-order valence-corrected chi connectivity index (χ0v) is 6.78. The summed E-state index contributed by atoms with van der Waals surface area (Å²) in [5, 5.41) is 0.255. The first-order valence-corrected chi connectivity index (χ1v) is 3.30. The topological polar surface area (TPSA) is 17.1 Å². The van der Waals surface area contributed by atoms with E-state index in [2.05, 4.69) is 0 Å². The van der Waals surface area contributed by atoms with E-state index in [0.717, 1.165) is 0 Å². The molecule has 3 heteroatoms. The lowest BCUT2D eigenvalue weighted by atomic mass is 9.95. The molecule has 0 amide bonds. The first-order valence-electron chi connectivity index (χ1n) is 2.92. The Balaban J connectivity index is 4.31. The molecule has 0 N–H and O–H groups in total. The summed E-state index contributed by atoms with van der Waals surface area (Å²) >= 11 is 5.56. The summed E-state index contributed by atoms with van der Waals surface area (Å²) in [5.74, 6) is 0. The van der Waals surface area contributed by atoms with Crippen LogP contribution in [0.5, 0.6) is 0 Å². The standard InChI is InChI=1S/C7H10ClFO/c1-7(2,5-9)6(8)3-4-10/h3-4H,5H2,1-2H3. The van der Waals surface area contributed by atoms with Crippen LogP contribution in [0.25, 0.3) is 0 Å². The molecule has 0 saturated heterocycles. The maximum absolute atomic E-state index is 12.1. The van der Waals surface area contributed by atoms with Crippen molar-refractivity contribution in [3.63, 3.8) is 0 Å². The van der Waals surface area contributed by atoms with Crippen molar-refractivity contribution in [3.05, 3.63) is 11.1 Å². The van der Waals surface area contributed by atoms with E-state index >= 15 is 0 Å². The van der Waals surface area contributed by atoms with Crippen LogP contribution in [0.2, 0.25) is 0 Å². The van der Waals surface area contributed by atoms with E-state index < -0.39 is 12.1 Å². The van der Waals surface area contributed by atoms with Crippen LogP contribution >= 0.6 is 11.6 Å². The number of alkyl halides is 1. The van der Waals surface area contributed by atoms with E-state index in [1.165, 1.54) is 6.08 Å². The van der Waals surface area contributed by atoms with Gasteiger partial charge in [0, 0.05) is 10.4 Å². The highest BCUT2D eigenvalue weighted by Crippen LogP contribution is 2.28. The highest BCUT2D eigenvalue weighted by molar-refractivity contribution is 6.31. The van der Waals surface area contributed by atoms with Gasteiger partial charge in [0.1, 0.15) is 6.29 Å². The molecule has 0 aromatic heterocycles. The number of hydrogen-bond acceptors (Lipinski definition) is 1. The SMILES string of the molecule is CC(C)(CF)C(Cl)=CC=O. The van der Waals surface area contributed by atoms with Gasteiger partial charge in [-0.2, -0.15) is 0 Å². The summed E-state index contributed by atoms with van der Waals surface area (Å²) < 4.78 is 12.1. The molecule has 0 bridgehead atoms. The van der Waals surface area contributed by atoms with E-state index in [-0.39, 0.29) is 5.03 Å². The molecule has 0 unspecified atom stereocenters. The third-order valence-electron chi connectivity index (χ3n) is 1.19. The average Bonchev–Trinajstić information content (AvgIpc) is 1.89. The molecule has 0 heterocycles. The monoisotopic (exact) mass is 164 g/mol. The number of hydrogen-bond donors (Lipinski definition) is 0. The first-order chi connectivity index (χ1) is 4.54. The molecule has 0 aliphatic carbocycles. The van der Waals surface area contributed by atoms with Crippen molar-refractivity contribution in [2.75, 3.05) is 6.67 Å². The van der Waals surface area contributed by atoms with Gasteiger partial charge in [-0.05, 0) is 6.08 Å². The largest absolute Gasteiger partial charge is 0.299 e. The molecule has 0 spiro atoms. The van der Waals surface area contributed by atoms with E-state index in [9.17, 15) is 9.18 Å². The van der Waals surface area contributed by atoms with Gasteiger partial charge in [-0.25, -0.2) is 0 Å². The second-order valence-electron chi connectivity index (χ2n) is 2.67. The zero-order chi connectivity index (χ0) is 8.20. The van der Waals surface area contributed by atoms with Crippen molar-refractivity contribution in [3.8, 4) is 0 Å². The van der Waals surface area contributed by atoms with Gasteiger partial charge in [0.2, 0.25) is 0 Å². The van der Waals surface area contributed by atoms with Gasteiger partial charge < -0.3 is 0 Å². The number of carbonyl (C=O) groups excluding carboxylic acids is 1. The van der Waals surface area contributed by atoms with E-state index in [1.807, 2.05) is 0 Å². The smallest absolute Gasteiger partial charge is 0.144 e. The van der Waals surface area contributed by atoms with E-state index in [4.69, 9.17) is 11.6 Å². The molecule has 0 fully saturated rings. The van der Waals surface area contributed by atoms with Crippen LogP contribution in [0.15, 0.2) is 11.1 Å². The maximum atomic E-state index is 12.1. The summed E-state index contributed by atoms with van der Waals surface area (Å²) in [7, 11) is 0. The lowest BCUT2D eigenvalue weighted by Gasteiger charge is -2.18. The molecule has 0 aliphatic rings. The second-order valence-corrected chi connectivity index (χ2v) is 3.08. The molecule has 0 aromatic rings. The molecule has 0 rings (SSSR count). The number of halogens is 2. The van der Waals surface area contributed by atoms with Gasteiger partial charge in [-0.15, -0.1) is 0 Å². The summed E-state index contributed by atoms with van der Waals surface area (Å²) in [6.45, 7) is 2.71.